The molecule has 0 atom stereocenters. The summed E-state index contributed by atoms with van der Waals surface area (Å²) >= 11 is 0. The Kier molecular flexibility index (Phi) is 3.73. The maximum absolute atomic E-state index is 5.00. The first-order valence-corrected chi connectivity index (χ1v) is 9.95. The van der Waals surface area contributed by atoms with Gasteiger partial charge in [-0.05, 0) is 38.7 Å². The normalized spacial score (nSPS) is 17.8. The SMILES string of the molecule is Cc1nc2c(-c3ccccc3)c(C)nn2c2c1CCN2C1CCCCC1. The molecule has 26 heavy (non-hydrogen) atoms. The lowest BCUT2D eigenvalue weighted by atomic mass is 9.94. The number of nitrogens with zero attached hydrogens (tertiary/aromatic N) is 4. The molecule has 0 spiro atoms. The number of anilines is 1. The van der Waals surface area contributed by atoms with Gasteiger partial charge in [-0.3, -0.25) is 0 Å². The first-order chi connectivity index (χ1) is 12.7. The van der Waals surface area contributed by atoms with Crippen molar-refractivity contribution in [1.29, 1.82) is 0 Å². The van der Waals surface area contributed by atoms with Crippen LogP contribution in [0.4, 0.5) is 5.82 Å². The Morgan fingerprint density at radius 1 is 0.962 bits per heavy atom. The first-order valence-electron chi connectivity index (χ1n) is 9.95. The van der Waals surface area contributed by atoms with Crippen LogP contribution >= 0.6 is 0 Å². The van der Waals surface area contributed by atoms with E-state index in [1.807, 2.05) is 0 Å². The van der Waals surface area contributed by atoms with Gasteiger partial charge in [0.25, 0.3) is 0 Å². The summed E-state index contributed by atoms with van der Waals surface area (Å²) in [6.45, 7) is 5.39. The molecule has 3 heterocycles. The number of aryl methyl sites for hydroxylation is 2. The Morgan fingerprint density at radius 3 is 2.50 bits per heavy atom. The lowest BCUT2D eigenvalue weighted by molar-refractivity contribution is 0.417. The third kappa shape index (κ3) is 2.35. The summed E-state index contributed by atoms with van der Waals surface area (Å²) in [4.78, 5) is 7.63. The van der Waals surface area contributed by atoms with E-state index in [1.165, 1.54) is 60.3 Å². The van der Waals surface area contributed by atoms with Crippen LogP contribution < -0.4 is 4.90 Å². The van der Waals surface area contributed by atoms with Crippen LogP contribution in [0.25, 0.3) is 16.8 Å². The Hall–Kier alpha value is -2.36. The number of rotatable bonds is 2. The summed E-state index contributed by atoms with van der Waals surface area (Å²) in [5.74, 6) is 1.31. The van der Waals surface area contributed by atoms with Gasteiger partial charge >= 0.3 is 0 Å². The van der Waals surface area contributed by atoms with Gasteiger partial charge in [-0.1, -0.05) is 49.6 Å². The maximum Gasteiger partial charge on any atom is 0.165 e. The van der Waals surface area contributed by atoms with E-state index in [0.717, 1.165) is 24.3 Å². The van der Waals surface area contributed by atoms with E-state index in [4.69, 9.17) is 10.1 Å². The van der Waals surface area contributed by atoms with E-state index in [0.29, 0.717) is 6.04 Å². The highest BCUT2D eigenvalue weighted by molar-refractivity contribution is 5.81. The van der Waals surface area contributed by atoms with Crippen LogP contribution in [0.3, 0.4) is 0 Å². The van der Waals surface area contributed by atoms with Gasteiger partial charge in [-0.15, -0.1) is 0 Å². The molecular weight excluding hydrogens is 320 g/mol. The van der Waals surface area contributed by atoms with Crippen molar-refractivity contribution in [3.8, 4) is 11.1 Å². The molecule has 2 aromatic heterocycles. The largest absolute Gasteiger partial charge is 0.353 e. The quantitative estimate of drug-likeness (QED) is 0.674. The Balaban J connectivity index is 1.71. The van der Waals surface area contributed by atoms with E-state index in [2.05, 4.69) is 53.6 Å². The number of aromatic nitrogens is 3. The van der Waals surface area contributed by atoms with Crippen LogP contribution in [0.1, 0.15) is 49.1 Å². The van der Waals surface area contributed by atoms with E-state index in [9.17, 15) is 0 Å². The predicted molar refractivity (Wildman–Crippen MR) is 106 cm³/mol. The van der Waals surface area contributed by atoms with Gasteiger partial charge < -0.3 is 4.90 Å². The average molecular weight is 346 g/mol. The third-order valence-corrected chi connectivity index (χ3v) is 6.17. The minimum absolute atomic E-state index is 0.666. The molecule has 2 aliphatic rings. The average Bonchev–Trinajstić information content (AvgIpc) is 3.25. The summed E-state index contributed by atoms with van der Waals surface area (Å²) in [7, 11) is 0. The van der Waals surface area contributed by atoms with Gasteiger partial charge in [0, 0.05) is 29.4 Å². The van der Waals surface area contributed by atoms with E-state index >= 15 is 0 Å². The molecule has 0 unspecified atom stereocenters. The molecule has 1 saturated carbocycles. The fraction of sp³-hybridized carbons (Fsp3) is 0.455. The molecule has 0 bridgehead atoms. The van der Waals surface area contributed by atoms with Crippen molar-refractivity contribution in [3.05, 3.63) is 47.3 Å². The van der Waals surface area contributed by atoms with E-state index in [1.54, 1.807) is 0 Å². The van der Waals surface area contributed by atoms with Crippen LogP contribution in [0.2, 0.25) is 0 Å². The van der Waals surface area contributed by atoms with Crippen molar-refractivity contribution < 1.29 is 0 Å². The van der Waals surface area contributed by atoms with Crippen LogP contribution in [-0.4, -0.2) is 27.2 Å². The second-order valence-corrected chi connectivity index (χ2v) is 7.80. The van der Waals surface area contributed by atoms with Crippen LogP contribution in [-0.2, 0) is 6.42 Å². The number of fused-ring (bicyclic) bond motifs is 3. The Labute approximate surface area is 154 Å². The molecule has 0 amide bonds. The fourth-order valence-corrected chi connectivity index (χ4v) is 4.90. The topological polar surface area (TPSA) is 33.4 Å². The molecule has 3 aromatic rings. The Bertz CT molecular complexity index is 951. The van der Waals surface area contributed by atoms with Gasteiger partial charge in [-0.2, -0.15) is 9.61 Å². The monoisotopic (exact) mass is 346 g/mol. The third-order valence-electron chi connectivity index (χ3n) is 6.17. The zero-order valence-electron chi connectivity index (χ0n) is 15.7. The lowest BCUT2D eigenvalue weighted by Crippen LogP contribution is -2.36. The Morgan fingerprint density at radius 2 is 1.73 bits per heavy atom. The zero-order chi connectivity index (χ0) is 17.7. The molecule has 134 valence electrons. The van der Waals surface area contributed by atoms with Crippen LogP contribution in [0.5, 0.6) is 0 Å². The highest BCUT2D eigenvalue weighted by Gasteiger charge is 2.32. The van der Waals surface area contributed by atoms with E-state index in [-0.39, 0.29) is 0 Å². The molecule has 1 fully saturated rings. The molecule has 1 aliphatic carbocycles. The minimum atomic E-state index is 0.666. The molecule has 4 heteroatoms. The highest BCUT2D eigenvalue weighted by Crippen LogP contribution is 2.38. The van der Waals surface area contributed by atoms with E-state index < -0.39 is 0 Å². The molecule has 5 rings (SSSR count). The van der Waals surface area contributed by atoms with Crippen LogP contribution in [0.15, 0.2) is 30.3 Å². The summed E-state index contributed by atoms with van der Waals surface area (Å²) < 4.78 is 2.14. The molecule has 0 N–H and O–H groups in total. The summed E-state index contributed by atoms with van der Waals surface area (Å²) in [6, 6.07) is 11.2. The molecule has 1 aromatic carbocycles. The zero-order valence-corrected chi connectivity index (χ0v) is 15.7. The van der Waals surface area contributed by atoms with Gasteiger partial charge in [0.15, 0.2) is 5.65 Å². The maximum atomic E-state index is 5.00. The number of benzene rings is 1. The number of hydrogen-bond acceptors (Lipinski definition) is 3. The highest BCUT2D eigenvalue weighted by atomic mass is 15.4. The molecule has 4 nitrogen and oxygen atoms in total. The molecule has 0 saturated heterocycles. The standard InChI is InChI=1S/C22H26N4/c1-15-19-13-14-25(18-11-7-4-8-12-18)22(19)26-21(23-15)20(16(2)24-26)17-9-5-3-6-10-17/h3,5-6,9-10,18H,4,7-8,11-14H2,1-2H3. The van der Waals surface area contributed by atoms with Crippen molar-refractivity contribution in [2.24, 2.45) is 0 Å². The molecular formula is C22H26N4. The van der Waals surface area contributed by atoms with Crippen LogP contribution in [0, 0.1) is 13.8 Å². The fourth-order valence-electron chi connectivity index (χ4n) is 4.90. The minimum Gasteiger partial charge on any atom is -0.353 e. The number of hydrogen-bond donors (Lipinski definition) is 0. The predicted octanol–water partition coefficient (Wildman–Crippen LogP) is 4.71. The van der Waals surface area contributed by atoms with Gasteiger partial charge in [0.1, 0.15) is 5.82 Å². The van der Waals surface area contributed by atoms with Gasteiger partial charge in [0.05, 0.1) is 5.69 Å². The van der Waals surface area contributed by atoms with Crippen molar-refractivity contribution >= 4 is 11.5 Å². The molecule has 0 radical (unpaired) electrons. The lowest BCUT2D eigenvalue weighted by Gasteiger charge is -2.33. The molecule has 1 aliphatic heterocycles. The first kappa shape index (κ1) is 15.9. The van der Waals surface area contributed by atoms with Crippen molar-refractivity contribution in [2.75, 3.05) is 11.4 Å². The van der Waals surface area contributed by atoms with Crippen molar-refractivity contribution in [3.63, 3.8) is 0 Å². The van der Waals surface area contributed by atoms with Crippen molar-refractivity contribution in [2.45, 2.75) is 58.4 Å². The second kappa shape index (κ2) is 6.11. The smallest absolute Gasteiger partial charge is 0.165 e. The van der Waals surface area contributed by atoms with Gasteiger partial charge in [-0.25, -0.2) is 4.98 Å². The second-order valence-electron chi connectivity index (χ2n) is 7.80. The van der Waals surface area contributed by atoms with Crippen molar-refractivity contribution in [1.82, 2.24) is 14.6 Å². The summed E-state index contributed by atoms with van der Waals surface area (Å²) in [6.07, 6.45) is 7.83. The summed E-state index contributed by atoms with van der Waals surface area (Å²) in [5, 5.41) is 4.96. The summed E-state index contributed by atoms with van der Waals surface area (Å²) in [5.41, 5.74) is 7.01. The van der Waals surface area contributed by atoms with Gasteiger partial charge in [0.2, 0.25) is 0 Å².